The molecule has 0 amide bonds. The fourth-order valence-corrected chi connectivity index (χ4v) is 1.67. The van der Waals surface area contributed by atoms with Gasteiger partial charge in [0.05, 0.1) is 18.1 Å². The van der Waals surface area contributed by atoms with E-state index in [9.17, 15) is 4.79 Å². The lowest BCUT2D eigenvalue weighted by Crippen LogP contribution is -2.08. The van der Waals surface area contributed by atoms with E-state index in [2.05, 4.69) is 16.4 Å². The van der Waals surface area contributed by atoms with E-state index in [1.165, 1.54) is 0 Å². The van der Waals surface area contributed by atoms with Crippen molar-refractivity contribution >= 4 is 22.6 Å². The van der Waals surface area contributed by atoms with Crippen LogP contribution in [0.3, 0.4) is 0 Å². The van der Waals surface area contributed by atoms with Crippen molar-refractivity contribution in [3.63, 3.8) is 0 Å². The van der Waals surface area contributed by atoms with Gasteiger partial charge >= 0.3 is 5.97 Å². The van der Waals surface area contributed by atoms with Gasteiger partial charge in [-0.05, 0) is 23.6 Å². The standard InChI is InChI=1S/C13H11N3O2/c14-8-9-1-2-10-3-5-15-13(11(10)7-9)16-6-4-12(17)18/h1-3,5,7H,4,6H2,(H,15,16)(H,17,18). The molecular weight excluding hydrogens is 230 g/mol. The van der Waals surface area contributed by atoms with E-state index in [1.54, 1.807) is 18.3 Å². The van der Waals surface area contributed by atoms with Gasteiger partial charge in [-0.2, -0.15) is 5.26 Å². The SMILES string of the molecule is N#Cc1ccc2ccnc(NCCC(=O)O)c2c1. The van der Waals surface area contributed by atoms with Crippen LogP contribution in [0, 0.1) is 11.3 Å². The number of hydrogen-bond acceptors (Lipinski definition) is 4. The Kier molecular flexibility index (Phi) is 3.39. The minimum atomic E-state index is -0.861. The average Bonchev–Trinajstić information content (AvgIpc) is 2.38. The summed E-state index contributed by atoms with van der Waals surface area (Å²) in [6, 6.07) is 9.24. The summed E-state index contributed by atoms with van der Waals surface area (Å²) < 4.78 is 0. The summed E-state index contributed by atoms with van der Waals surface area (Å²) in [4.78, 5) is 14.6. The highest BCUT2D eigenvalue weighted by Crippen LogP contribution is 2.22. The third-order valence-electron chi connectivity index (χ3n) is 2.53. The molecule has 1 heterocycles. The molecule has 1 aromatic heterocycles. The number of nitriles is 1. The Morgan fingerprint density at radius 3 is 3.00 bits per heavy atom. The molecular formula is C13H11N3O2. The molecule has 1 aromatic carbocycles. The summed E-state index contributed by atoms with van der Waals surface area (Å²) in [5.41, 5.74) is 0.553. The third-order valence-corrected chi connectivity index (χ3v) is 2.53. The molecule has 0 aliphatic carbocycles. The first kappa shape index (κ1) is 11.9. The van der Waals surface area contributed by atoms with Gasteiger partial charge in [-0.1, -0.05) is 6.07 Å². The summed E-state index contributed by atoms with van der Waals surface area (Å²) >= 11 is 0. The van der Waals surface area contributed by atoms with E-state index in [4.69, 9.17) is 10.4 Å². The maximum Gasteiger partial charge on any atom is 0.305 e. The van der Waals surface area contributed by atoms with Crippen molar-refractivity contribution in [1.82, 2.24) is 4.98 Å². The molecule has 5 heteroatoms. The summed E-state index contributed by atoms with van der Waals surface area (Å²) in [6.07, 6.45) is 1.67. The smallest absolute Gasteiger partial charge is 0.305 e. The number of nitrogens with zero attached hydrogens (tertiary/aromatic N) is 2. The van der Waals surface area contributed by atoms with Crippen molar-refractivity contribution in [3.05, 3.63) is 36.0 Å². The maximum absolute atomic E-state index is 10.5. The molecule has 2 rings (SSSR count). The van der Waals surface area contributed by atoms with Crippen LogP contribution >= 0.6 is 0 Å². The third kappa shape index (κ3) is 2.55. The lowest BCUT2D eigenvalue weighted by atomic mass is 10.1. The monoisotopic (exact) mass is 241 g/mol. The zero-order chi connectivity index (χ0) is 13.0. The average molecular weight is 241 g/mol. The molecule has 0 unspecified atom stereocenters. The van der Waals surface area contributed by atoms with E-state index >= 15 is 0 Å². The predicted octanol–water partition coefficient (Wildman–Crippen LogP) is 1.99. The summed E-state index contributed by atoms with van der Waals surface area (Å²) in [6.45, 7) is 0.304. The molecule has 0 saturated heterocycles. The van der Waals surface area contributed by atoms with Crippen molar-refractivity contribution in [2.75, 3.05) is 11.9 Å². The molecule has 90 valence electrons. The van der Waals surface area contributed by atoms with Crippen molar-refractivity contribution in [1.29, 1.82) is 5.26 Å². The normalized spacial score (nSPS) is 9.94. The molecule has 0 fully saturated rings. The van der Waals surface area contributed by atoms with Gasteiger partial charge in [0.2, 0.25) is 0 Å². The van der Waals surface area contributed by atoms with Crippen LogP contribution in [0.15, 0.2) is 30.5 Å². The van der Waals surface area contributed by atoms with Gasteiger partial charge in [0.1, 0.15) is 5.82 Å². The lowest BCUT2D eigenvalue weighted by molar-refractivity contribution is -0.136. The number of aromatic nitrogens is 1. The summed E-state index contributed by atoms with van der Waals surface area (Å²) in [5, 5.41) is 22.2. The number of aliphatic carboxylic acids is 1. The van der Waals surface area contributed by atoms with Gasteiger partial charge in [-0.25, -0.2) is 4.98 Å². The Morgan fingerprint density at radius 1 is 1.44 bits per heavy atom. The molecule has 0 spiro atoms. The minimum Gasteiger partial charge on any atom is -0.481 e. The van der Waals surface area contributed by atoms with E-state index in [-0.39, 0.29) is 6.42 Å². The molecule has 0 atom stereocenters. The van der Waals surface area contributed by atoms with Gasteiger partial charge in [0, 0.05) is 18.1 Å². The fraction of sp³-hybridized carbons (Fsp3) is 0.154. The number of hydrogen-bond donors (Lipinski definition) is 2. The number of pyridine rings is 1. The van der Waals surface area contributed by atoms with Crippen LogP contribution in [0.1, 0.15) is 12.0 Å². The van der Waals surface area contributed by atoms with Gasteiger partial charge in [0.25, 0.3) is 0 Å². The fourth-order valence-electron chi connectivity index (χ4n) is 1.67. The molecule has 0 bridgehead atoms. The predicted molar refractivity (Wildman–Crippen MR) is 67.2 cm³/mol. The van der Waals surface area contributed by atoms with Gasteiger partial charge < -0.3 is 10.4 Å². The van der Waals surface area contributed by atoms with Crippen LogP contribution in [-0.2, 0) is 4.79 Å². The Balaban J connectivity index is 2.32. The highest BCUT2D eigenvalue weighted by molar-refractivity contribution is 5.92. The zero-order valence-electron chi connectivity index (χ0n) is 9.55. The highest BCUT2D eigenvalue weighted by atomic mass is 16.4. The van der Waals surface area contributed by atoms with Gasteiger partial charge in [-0.3, -0.25) is 4.79 Å². The molecule has 2 N–H and O–H groups in total. The van der Waals surface area contributed by atoms with E-state index in [0.717, 1.165) is 10.8 Å². The number of carboxylic acids is 1. The number of rotatable bonds is 4. The molecule has 0 aliphatic heterocycles. The maximum atomic E-state index is 10.5. The van der Waals surface area contributed by atoms with Crippen molar-refractivity contribution in [2.24, 2.45) is 0 Å². The van der Waals surface area contributed by atoms with E-state index in [1.807, 2.05) is 12.1 Å². The number of anilines is 1. The summed E-state index contributed by atoms with van der Waals surface area (Å²) in [7, 11) is 0. The number of carbonyl (C=O) groups is 1. The second-order valence-electron chi connectivity index (χ2n) is 3.78. The van der Waals surface area contributed by atoms with Crippen LogP contribution in [0.5, 0.6) is 0 Å². The van der Waals surface area contributed by atoms with Gasteiger partial charge in [-0.15, -0.1) is 0 Å². The molecule has 0 radical (unpaired) electrons. The Bertz CT molecular complexity index is 632. The first-order valence-corrected chi connectivity index (χ1v) is 5.45. The molecule has 0 aliphatic rings. The van der Waals surface area contributed by atoms with Gasteiger partial charge in [0.15, 0.2) is 0 Å². The van der Waals surface area contributed by atoms with E-state index < -0.39 is 5.97 Å². The highest BCUT2D eigenvalue weighted by Gasteiger charge is 2.04. The Morgan fingerprint density at radius 2 is 2.28 bits per heavy atom. The van der Waals surface area contributed by atoms with Crippen molar-refractivity contribution in [2.45, 2.75) is 6.42 Å². The largest absolute Gasteiger partial charge is 0.481 e. The number of nitrogens with one attached hydrogen (secondary N) is 1. The van der Waals surface area contributed by atoms with Crippen LogP contribution < -0.4 is 5.32 Å². The number of fused-ring (bicyclic) bond motifs is 1. The zero-order valence-corrected chi connectivity index (χ0v) is 9.55. The first-order valence-electron chi connectivity index (χ1n) is 5.45. The first-order chi connectivity index (χ1) is 8.70. The second kappa shape index (κ2) is 5.15. The topological polar surface area (TPSA) is 86.0 Å². The van der Waals surface area contributed by atoms with Crippen molar-refractivity contribution in [3.8, 4) is 6.07 Å². The van der Waals surface area contributed by atoms with Crippen LogP contribution in [0.4, 0.5) is 5.82 Å². The second-order valence-corrected chi connectivity index (χ2v) is 3.78. The molecule has 18 heavy (non-hydrogen) atoms. The minimum absolute atomic E-state index is 0.0238. The molecule has 5 nitrogen and oxygen atoms in total. The van der Waals surface area contributed by atoms with Crippen molar-refractivity contribution < 1.29 is 9.90 Å². The Hall–Kier alpha value is -2.61. The number of carboxylic acid groups (broad SMARTS) is 1. The van der Waals surface area contributed by atoms with Crippen LogP contribution in [-0.4, -0.2) is 22.6 Å². The Labute approximate surface area is 104 Å². The number of benzene rings is 1. The summed E-state index contributed by atoms with van der Waals surface area (Å²) in [5.74, 6) is -0.258. The molecule has 2 aromatic rings. The lowest BCUT2D eigenvalue weighted by Gasteiger charge is -2.07. The van der Waals surface area contributed by atoms with E-state index in [0.29, 0.717) is 17.9 Å². The quantitative estimate of drug-likeness (QED) is 0.854. The van der Waals surface area contributed by atoms with Crippen LogP contribution in [0.2, 0.25) is 0 Å². The van der Waals surface area contributed by atoms with Crippen LogP contribution in [0.25, 0.3) is 10.8 Å². The molecule has 0 saturated carbocycles.